The number of nitrogens with zero attached hydrogens (tertiary/aromatic N) is 1. The van der Waals surface area contributed by atoms with Crippen LogP contribution < -0.4 is 10.0 Å². The van der Waals surface area contributed by atoms with Crippen molar-refractivity contribution in [1.29, 1.82) is 0 Å². The maximum Gasteiger partial charge on any atom is 0.240 e. The van der Waals surface area contributed by atoms with Crippen molar-refractivity contribution in [3.05, 3.63) is 46.3 Å². The first-order valence-electron chi connectivity index (χ1n) is 7.73. The molecule has 0 unspecified atom stereocenters. The topological polar surface area (TPSA) is 101 Å². The average molecular weight is 386 g/mol. The van der Waals surface area contributed by atoms with E-state index in [0.717, 1.165) is 5.56 Å². The highest BCUT2D eigenvalue weighted by Gasteiger charge is 2.14. The van der Waals surface area contributed by atoms with Crippen LogP contribution in [0.3, 0.4) is 0 Å². The first-order valence-corrected chi connectivity index (χ1v) is 9.59. The zero-order valence-corrected chi connectivity index (χ0v) is 15.6. The van der Waals surface area contributed by atoms with Crippen molar-refractivity contribution in [1.82, 2.24) is 15.2 Å². The van der Waals surface area contributed by atoms with Crippen molar-refractivity contribution in [3.8, 4) is 0 Å². The summed E-state index contributed by atoms with van der Waals surface area (Å²) in [7, 11) is -3.57. The van der Waals surface area contributed by atoms with E-state index in [2.05, 4.69) is 15.2 Å². The van der Waals surface area contributed by atoms with Gasteiger partial charge in [0.05, 0.1) is 10.6 Å². The molecule has 1 aromatic heterocycles. The Balaban J connectivity index is 1.73. The number of sulfonamides is 1. The smallest absolute Gasteiger partial charge is 0.240 e. The number of amides is 1. The standard InChI is InChI=1S/C16H20ClN3O4S/c1-11-3-5-13(6-4-11)25(22,23)19-10-9-18-15(21)8-7-14-12(2)20-24-16(14)17/h3-6,19H,7-10H2,1-2H3,(H,18,21). The van der Waals surface area contributed by atoms with E-state index in [0.29, 0.717) is 17.7 Å². The van der Waals surface area contributed by atoms with Gasteiger partial charge in [-0.3, -0.25) is 4.79 Å². The summed E-state index contributed by atoms with van der Waals surface area (Å²) in [6.45, 7) is 3.94. The molecule has 0 bridgehead atoms. The first kappa shape index (κ1) is 19.4. The van der Waals surface area contributed by atoms with Crippen LogP contribution in [0.1, 0.15) is 23.2 Å². The van der Waals surface area contributed by atoms with Crippen molar-refractivity contribution >= 4 is 27.5 Å². The Morgan fingerprint density at radius 3 is 2.48 bits per heavy atom. The molecule has 1 aromatic carbocycles. The number of carbonyl (C=O) groups excluding carboxylic acids is 1. The van der Waals surface area contributed by atoms with E-state index in [1.807, 2.05) is 6.92 Å². The van der Waals surface area contributed by atoms with E-state index < -0.39 is 10.0 Å². The van der Waals surface area contributed by atoms with E-state index in [-0.39, 0.29) is 35.5 Å². The Bertz CT molecular complexity index is 812. The Hall–Kier alpha value is -1.90. The quantitative estimate of drug-likeness (QED) is 0.676. The average Bonchev–Trinajstić information content (AvgIpc) is 2.88. The van der Waals surface area contributed by atoms with E-state index in [1.54, 1.807) is 31.2 Å². The van der Waals surface area contributed by atoms with Crippen LogP contribution in [0, 0.1) is 13.8 Å². The van der Waals surface area contributed by atoms with Gasteiger partial charge in [-0.2, -0.15) is 0 Å². The molecule has 136 valence electrons. The third-order valence-corrected chi connectivity index (χ3v) is 5.38. The molecule has 0 fully saturated rings. The third kappa shape index (κ3) is 5.55. The van der Waals surface area contributed by atoms with Gasteiger partial charge in [0.15, 0.2) is 0 Å². The fourth-order valence-electron chi connectivity index (χ4n) is 2.16. The van der Waals surface area contributed by atoms with Gasteiger partial charge in [0, 0.05) is 25.1 Å². The second-order valence-electron chi connectivity index (χ2n) is 5.58. The van der Waals surface area contributed by atoms with Crippen LogP contribution in [0.15, 0.2) is 33.7 Å². The number of nitrogens with one attached hydrogen (secondary N) is 2. The molecule has 0 saturated carbocycles. The summed E-state index contributed by atoms with van der Waals surface area (Å²) in [5, 5.41) is 6.56. The normalized spacial score (nSPS) is 11.5. The van der Waals surface area contributed by atoms with Crippen LogP contribution in [-0.4, -0.2) is 32.6 Å². The minimum absolute atomic E-state index is 0.106. The zero-order valence-electron chi connectivity index (χ0n) is 14.0. The molecule has 2 rings (SSSR count). The molecular formula is C16H20ClN3O4S. The van der Waals surface area contributed by atoms with Gasteiger partial charge in [0.2, 0.25) is 21.1 Å². The Kier molecular flexibility index (Phi) is 6.57. The molecule has 0 radical (unpaired) electrons. The number of hydrogen-bond acceptors (Lipinski definition) is 5. The monoisotopic (exact) mass is 385 g/mol. The van der Waals surface area contributed by atoms with Gasteiger partial charge in [0.25, 0.3) is 0 Å². The number of aromatic nitrogens is 1. The Morgan fingerprint density at radius 2 is 1.88 bits per heavy atom. The predicted molar refractivity (Wildman–Crippen MR) is 93.9 cm³/mol. The minimum atomic E-state index is -3.57. The van der Waals surface area contributed by atoms with Crippen molar-refractivity contribution in [3.63, 3.8) is 0 Å². The molecule has 0 atom stereocenters. The summed E-state index contributed by atoms with van der Waals surface area (Å²) in [5.41, 5.74) is 2.34. The lowest BCUT2D eigenvalue weighted by atomic mass is 10.1. The molecule has 2 N–H and O–H groups in total. The molecule has 9 heteroatoms. The van der Waals surface area contributed by atoms with Crippen LogP contribution >= 0.6 is 11.6 Å². The number of rotatable bonds is 8. The Morgan fingerprint density at radius 1 is 1.20 bits per heavy atom. The molecule has 7 nitrogen and oxygen atoms in total. The van der Waals surface area contributed by atoms with Crippen molar-refractivity contribution in [2.75, 3.05) is 13.1 Å². The maximum absolute atomic E-state index is 12.1. The fraction of sp³-hybridized carbons (Fsp3) is 0.375. The number of benzene rings is 1. The van der Waals surface area contributed by atoms with Gasteiger partial charge in [-0.05, 0) is 44.0 Å². The van der Waals surface area contributed by atoms with E-state index >= 15 is 0 Å². The second-order valence-corrected chi connectivity index (χ2v) is 7.69. The van der Waals surface area contributed by atoms with E-state index in [9.17, 15) is 13.2 Å². The lowest BCUT2D eigenvalue weighted by molar-refractivity contribution is -0.121. The number of halogens is 1. The maximum atomic E-state index is 12.1. The van der Waals surface area contributed by atoms with Gasteiger partial charge in [-0.25, -0.2) is 13.1 Å². The van der Waals surface area contributed by atoms with Crippen LogP contribution in [0.2, 0.25) is 5.22 Å². The van der Waals surface area contributed by atoms with Gasteiger partial charge >= 0.3 is 0 Å². The number of aryl methyl sites for hydroxylation is 2. The highest BCUT2D eigenvalue weighted by atomic mass is 35.5. The summed E-state index contributed by atoms with van der Waals surface area (Å²) in [6, 6.07) is 6.55. The molecule has 25 heavy (non-hydrogen) atoms. The van der Waals surface area contributed by atoms with Crippen molar-refractivity contribution in [2.45, 2.75) is 31.6 Å². The van der Waals surface area contributed by atoms with E-state index in [1.165, 1.54) is 0 Å². The van der Waals surface area contributed by atoms with Crippen molar-refractivity contribution < 1.29 is 17.7 Å². The van der Waals surface area contributed by atoms with Gasteiger partial charge < -0.3 is 9.84 Å². The summed E-state index contributed by atoms with van der Waals surface area (Å²) in [5.74, 6) is -0.203. The van der Waals surface area contributed by atoms with Crippen LogP contribution in [-0.2, 0) is 21.2 Å². The highest BCUT2D eigenvalue weighted by Crippen LogP contribution is 2.20. The number of hydrogen-bond donors (Lipinski definition) is 2. The van der Waals surface area contributed by atoms with Crippen molar-refractivity contribution in [2.24, 2.45) is 0 Å². The first-order chi connectivity index (χ1) is 11.8. The second kappa shape index (κ2) is 8.46. The summed E-state index contributed by atoms with van der Waals surface area (Å²) in [4.78, 5) is 12.0. The van der Waals surface area contributed by atoms with E-state index in [4.69, 9.17) is 16.1 Å². The van der Waals surface area contributed by atoms with Gasteiger partial charge in [-0.15, -0.1) is 0 Å². The molecule has 0 saturated heterocycles. The van der Waals surface area contributed by atoms with Crippen LogP contribution in [0.4, 0.5) is 0 Å². The molecule has 0 aliphatic carbocycles. The summed E-state index contributed by atoms with van der Waals surface area (Å²) >= 11 is 5.84. The predicted octanol–water partition coefficient (Wildman–Crippen LogP) is 1.97. The molecule has 0 aliphatic rings. The Labute approximate surface area is 151 Å². The minimum Gasteiger partial charge on any atom is -0.355 e. The molecule has 0 spiro atoms. The molecular weight excluding hydrogens is 366 g/mol. The summed E-state index contributed by atoms with van der Waals surface area (Å²) < 4.78 is 31.4. The highest BCUT2D eigenvalue weighted by molar-refractivity contribution is 7.89. The van der Waals surface area contributed by atoms with Gasteiger partial charge in [0.1, 0.15) is 0 Å². The largest absolute Gasteiger partial charge is 0.355 e. The summed E-state index contributed by atoms with van der Waals surface area (Å²) in [6.07, 6.45) is 0.627. The lowest BCUT2D eigenvalue weighted by Gasteiger charge is -2.08. The SMILES string of the molecule is Cc1ccc(S(=O)(=O)NCCNC(=O)CCc2c(C)noc2Cl)cc1. The van der Waals surface area contributed by atoms with Crippen LogP contribution in [0.5, 0.6) is 0 Å². The lowest BCUT2D eigenvalue weighted by Crippen LogP contribution is -2.34. The van der Waals surface area contributed by atoms with Gasteiger partial charge in [-0.1, -0.05) is 22.9 Å². The van der Waals surface area contributed by atoms with Crippen LogP contribution in [0.25, 0.3) is 0 Å². The zero-order chi connectivity index (χ0) is 18.4. The molecule has 0 aliphatic heterocycles. The fourth-order valence-corrected chi connectivity index (χ4v) is 3.45. The molecule has 2 aromatic rings. The number of carbonyl (C=O) groups is 1. The third-order valence-electron chi connectivity index (χ3n) is 3.61. The molecule has 1 amide bonds. The molecule has 1 heterocycles.